The monoisotopic (exact) mass is 391 g/mol. The molecule has 0 saturated heterocycles. The first-order valence-electron chi connectivity index (χ1n) is 6.63. The Bertz CT molecular complexity index is 841. The summed E-state index contributed by atoms with van der Waals surface area (Å²) in [6.45, 7) is 2.47. The molecule has 0 aliphatic heterocycles. The first-order valence-corrected chi connectivity index (χ1v) is 7.71. The number of rotatable bonds is 3. The van der Waals surface area contributed by atoms with Crippen LogP contribution in [0.2, 0.25) is 0 Å². The molecule has 3 aromatic rings. The van der Waals surface area contributed by atoms with Crippen molar-refractivity contribution in [3.05, 3.63) is 73.6 Å². The van der Waals surface area contributed by atoms with E-state index in [4.69, 9.17) is 4.74 Å². The maximum atomic E-state index is 12.2. The molecule has 3 rings (SSSR count). The molecule has 0 spiro atoms. The number of H-pyrrole nitrogens is 1. The summed E-state index contributed by atoms with van der Waals surface area (Å²) in [5, 5.41) is 0.671. The van der Waals surface area contributed by atoms with E-state index in [2.05, 4.69) is 4.98 Å². The van der Waals surface area contributed by atoms with Gasteiger partial charge in [0.15, 0.2) is 0 Å². The van der Waals surface area contributed by atoms with Crippen LogP contribution >= 0.6 is 22.6 Å². The van der Waals surface area contributed by atoms with Crippen molar-refractivity contribution in [1.29, 1.82) is 0 Å². The molecule has 3 nitrogen and oxygen atoms in total. The number of hydrogen-bond acceptors (Lipinski definition) is 2. The second-order valence-corrected chi connectivity index (χ2v) is 6.06. The van der Waals surface area contributed by atoms with Crippen molar-refractivity contribution in [1.82, 2.24) is 4.98 Å². The van der Waals surface area contributed by atoms with E-state index in [-0.39, 0.29) is 5.43 Å². The summed E-state index contributed by atoms with van der Waals surface area (Å²) < 4.78 is 6.50. The van der Waals surface area contributed by atoms with Crippen LogP contribution in [-0.2, 0) is 6.61 Å². The summed E-state index contributed by atoms with van der Waals surface area (Å²) in [7, 11) is 0. The van der Waals surface area contributed by atoms with Crippen LogP contribution in [0.4, 0.5) is 0 Å². The number of hydrogen-bond donors (Lipinski definition) is 1. The maximum Gasteiger partial charge on any atom is 0.202 e. The molecule has 0 amide bonds. The number of fused-ring (bicyclic) bond motifs is 1. The number of aromatic amines is 1. The molecule has 1 aromatic heterocycles. The molecule has 21 heavy (non-hydrogen) atoms. The Morgan fingerprint density at radius 2 is 1.95 bits per heavy atom. The topological polar surface area (TPSA) is 42.1 Å². The molecule has 2 aromatic carbocycles. The lowest BCUT2D eigenvalue weighted by Gasteiger charge is -2.09. The van der Waals surface area contributed by atoms with E-state index in [1.54, 1.807) is 6.20 Å². The molecule has 0 radical (unpaired) electrons. The molecule has 0 aliphatic rings. The van der Waals surface area contributed by atoms with Crippen LogP contribution in [0.5, 0.6) is 5.75 Å². The third kappa shape index (κ3) is 2.95. The summed E-state index contributed by atoms with van der Waals surface area (Å²) >= 11 is 2.04. The molecular formula is C17H14INO2. The fourth-order valence-corrected chi connectivity index (χ4v) is 2.72. The van der Waals surface area contributed by atoms with E-state index in [1.165, 1.54) is 0 Å². The van der Waals surface area contributed by atoms with Gasteiger partial charge in [-0.05, 0) is 52.8 Å². The lowest BCUT2D eigenvalue weighted by molar-refractivity contribution is 0.306. The van der Waals surface area contributed by atoms with Gasteiger partial charge in [0.25, 0.3) is 0 Å². The summed E-state index contributed by atoms with van der Waals surface area (Å²) in [4.78, 5) is 15.4. The first-order chi connectivity index (χ1) is 10.1. The Morgan fingerprint density at radius 3 is 2.71 bits per heavy atom. The van der Waals surface area contributed by atoms with Crippen molar-refractivity contribution in [2.75, 3.05) is 0 Å². The van der Waals surface area contributed by atoms with Crippen molar-refractivity contribution in [2.24, 2.45) is 0 Å². The Hall–Kier alpha value is -1.82. The van der Waals surface area contributed by atoms with Crippen LogP contribution in [0, 0.1) is 10.5 Å². The molecule has 0 atom stereocenters. The highest BCUT2D eigenvalue weighted by atomic mass is 127. The van der Waals surface area contributed by atoms with Crippen molar-refractivity contribution in [3.63, 3.8) is 0 Å². The smallest absolute Gasteiger partial charge is 0.202 e. The standard InChI is InChI=1S/C17H14INO2/c1-11-7-13(21-10-12-5-3-2-4-6-12)8-14-16(11)19-9-15(18)17(14)20/h2-9H,10H2,1H3,(H,19,20). The van der Waals surface area contributed by atoms with Crippen LogP contribution in [0.3, 0.4) is 0 Å². The molecular weight excluding hydrogens is 377 g/mol. The fourth-order valence-electron chi connectivity index (χ4n) is 2.28. The number of halogens is 1. The molecule has 4 heteroatoms. The minimum Gasteiger partial charge on any atom is -0.489 e. The van der Waals surface area contributed by atoms with Crippen LogP contribution in [0.1, 0.15) is 11.1 Å². The number of aromatic nitrogens is 1. The molecule has 0 bridgehead atoms. The van der Waals surface area contributed by atoms with Gasteiger partial charge in [0.1, 0.15) is 12.4 Å². The number of aryl methyl sites for hydroxylation is 1. The van der Waals surface area contributed by atoms with Gasteiger partial charge >= 0.3 is 0 Å². The van der Waals surface area contributed by atoms with Crippen LogP contribution in [0.15, 0.2) is 53.5 Å². The Kier molecular flexibility index (Phi) is 3.96. The Morgan fingerprint density at radius 1 is 1.19 bits per heavy atom. The van der Waals surface area contributed by atoms with E-state index in [9.17, 15) is 4.79 Å². The average Bonchev–Trinajstić information content (AvgIpc) is 2.50. The van der Waals surface area contributed by atoms with Gasteiger partial charge in [0, 0.05) is 6.20 Å². The second kappa shape index (κ2) is 5.89. The van der Waals surface area contributed by atoms with Gasteiger partial charge < -0.3 is 9.72 Å². The Labute approximate surface area is 136 Å². The lowest BCUT2D eigenvalue weighted by atomic mass is 10.1. The zero-order valence-electron chi connectivity index (χ0n) is 11.5. The quantitative estimate of drug-likeness (QED) is 0.686. The number of pyridine rings is 1. The highest BCUT2D eigenvalue weighted by Gasteiger charge is 2.08. The highest BCUT2D eigenvalue weighted by Crippen LogP contribution is 2.22. The summed E-state index contributed by atoms with van der Waals surface area (Å²) in [6.07, 6.45) is 1.74. The first kappa shape index (κ1) is 14.1. The molecule has 106 valence electrons. The molecule has 1 heterocycles. The zero-order chi connectivity index (χ0) is 14.8. The van der Waals surface area contributed by atoms with Crippen LogP contribution in [0.25, 0.3) is 10.9 Å². The summed E-state index contributed by atoms with van der Waals surface area (Å²) in [5.41, 5.74) is 3.01. The molecule has 0 aliphatic carbocycles. The van der Waals surface area contributed by atoms with E-state index < -0.39 is 0 Å². The van der Waals surface area contributed by atoms with Gasteiger partial charge in [-0.25, -0.2) is 0 Å². The van der Waals surface area contributed by atoms with Gasteiger partial charge in [-0.3, -0.25) is 4.79 Å². The van der Waals surface area contributed by atoms with E-state index >= 15 is 0 Å². The predicted octanol–water partition coefficient (Wildman–Crippen LogP) is 4.02. The summed E-state index contributed by atoms with van der Waals surface area (Å²) in [6, 6.07) is 13.7. The van der Waals surface area contributed by atoms with Gasteiger partial charge in [-0.15, -0.1) is 0 Å². The van der Waals surface area contributed by atoms with Crippen molar-refractivity contribution < 1.29 is 4.74 Å². The highest BCUT2D eigenvalue weighted by molar-refractivity contribution is 14.1. The van der Waals surface area contributed by atoms with Crippen molar-refractivity contribution in [3.8, 4) is 5.75 Å². The van der Waals surface area contributed by atoms with Crippen molar-refractivity contribution >= 4 is 33.5 Å². The minimum absolute atomic E-state index is 0.0395. The predicted molar refractivity (Wildman–Crippen MR) is 92.8 cm³/mol. The molecule has 0 saturated carbocycles. The van der Waals surface area contributed by atoms with Crippen LogP contribution < -0.4 is 10.2 Å². The largest absolute Gasteiger partial charge is 0.489 e. The van der Waals surface area contributed by atoms with Gasteiger partial charge in [-0.2, -0.15) is 0 Å². The van der Waals surface area contributed by atoms with Gasteiger partial charge in [0.2, 0.25) is 5.43 Å². The number of ether oxygens (including phenoxy) is 1. The van der Waals surface area contributed by atoms with Crippen LogP contribution in [-0.4, -0.2) is 4.98 Å². The van der Waals surface area contributed by atoms with Gasteiger partial charge in [0.05, 0.1) is 14.5 Å². The maximum absolute atomic E-state index is 12.2. The Balaban J connectivity index is 1.96. The van der Waals surface area contributed by atoms with E-state index in [0.29, 0.717) is 15.6 Å². The third-order valence-electron chi connectivity index (χ3n) is 3.36. The van der Waals surface area contributed by atoms with Gasteiger partial charge in [-0.1, -0.05) is 30.3 Å². The van der Waals surface area contributed by atoms with E-state index in [0.717, 1.165) is 22.4 Å². The molecule has 0 fully saturated rings. The molecule has 0 unspecified atom stereocenters. The number of nitrogens with one attached hydrogen (secondary N) is 1. The lowest BCUT2D eigenvalue weighted by Crippen LogP contribution is -2.07. The summed E-state index contributed by atoms with van der Waals surface area (Å²) in [5.74, 6) is 0.719. The SMILES string of the molecule is Cc1cc(OCc2ccccc2)cc2c(=O)c(I)c[nH]c12. The minimum atomic E-state index is 0.0395. The fraction of sp³-hybridized carbons (Fsp3) is 0.118. The second-order valence-electron chi connectivity index (χ2n) is 4.90. The third-order valence-corrected chi connectivity index (χ3v) is 4.16. The zero-order valence-corrected chi connectivity index (χ0v) is 13.7. The normalized spacial score (nSPS) is 10.8. The number of benzene rings is 2. The van der Waals surface area contributed by atoms with Crippen molar-refractivity contribution in [2.45, 2.75) is 13.5 Å². The molecule has 1 N–H and O–H groups in total. The average molecular weight is 391 g/mol. The van der Waals surface area contributed by atoms with E-state index in [1.807, 2.05) is 72.0 Å².